The van der Waals surface area contributed by atoms with E-state index in [0.29, 0.717) is 5.75 Å². The molecule has 1 fully saturated rings. The molecule has 0 aromatic heterocycles. The van der Waals surface area contributed by atoms with E-state index < -0.39 is 18.1 Å². The molecule has 2 aliphatic heterocycles. The van der Waals surface area contributed by atoms with Crippen LogP contribution in [0.15, 0.2) is 29.2 Å². The monoisotopic (exact) mass is 293 g/mol. The van der Waals surface area contributed by atoms with Crippen molar-refractivity contribution in [3.05, 3.63) is 29.8 Å². The first-order chi connectivity index (χ1) is 9.58. The number of fused-ring (bicyclic) bond motifs is 1. The van der Waals surface area contributed by atoms with Crippen molar-refractivity contribution < 1.29 is 19.8 Å². The normalized spacial score (nSPS) is 28.4. The number of carboxylic acids is 1. The molecular formula is C14H15NO4S. The van der Waals surface area contributed by atoms with Crippen molar-refractivity contribution in [2.75, 3.05) is 12.3 Å². The molecule has 2 unspecified atom stereocenters. The number of amides is 1. The van der Waals surface area contributed by atoms with E-state index in [2.05, 4.69) is 0 Å². The molecule has 3 atom stereocenters. The van der Waals surface area contributed by atoms with Gasteiger partial charge in [-0.2, -0.15) is 0 Å². The summed E-state index contributed by atoms with van der Waals surface area (Å²) in [6.45, 7) is 0.110. The molecule has 1 aromatic carbocycles. The van der Waals surface area contributed by atoms with E-state index in [-0.39, 0.29) is 24.8 Å². The average molecular weight is 293 g/mol. The largest absolute Gasteiger partial charge is 0.480 e. The van der Waals surface area contributed by atoms with Gasteiger partial charge in [0.1, 0.15) is 6.04 Å². The maximum atomic E-state index is 12.6. The maximum absolute atomic E-state index is 12.6. The second kappa shape index (κ2) is 5.10. The fraction of sp³-hybridized carbons (Fsp3) is 0.429. The zero-order chi connectivity index (χ0) is 14.3. The van der Waals surface area contributed by atoms with Crippen LogP contribution in [0.3, 0.4) is 0 Å². The number of thioether (sulfide) groups is 1. The first-order valence-electron chi connectivity index (χ1n) is 6.51. The molecule has 0 saturated carbocycles. The van der Waals surface area contributed by atoms with Crippen LogP contribution < -0.4 is 0 Å². The highest BCUT2D eigenvalue weighted by molar-refractivity contribution is 7.99. The number of aliphatic hydroxyl groups is 1. The summed E-state index contributed by atoms with van der Waals surface area (Å²) in [5.41, 5.74) is 0.966. The molecule has 1 aromatic rings. The van der Waals surface area contributed by atoms with Gasteiger partial charge in [0.2, 0.25) is 5.91 Å². The van der Waals surface area contributed by atoms with E-state index in [1.807, 2.05) is 24.3 Å². The van der Waals surface area contributed by atoms with Crippen molar-refractivity contribution in [3.63, 3.8) is 0 Å². The Hall–Kier alpha value is -1.53. The molecule has 0 radical (unpaired) electrons. The molecule has 0 bridgehead atoms. The average Bonchev–Trinajstić information content (AvgIpc) is 3.01. The van der Waals surface area contributed by atoms with Crippen LogP contribution in [-0.2, 0) is 9.59 Å². The number of aliphatic carboxylic acids is 1. The number of hydrogen-bond donors (Lipinski definition) is 2. The number of carbonyl (C=O) groups excluding carboxylic acids is 1. The SMILES string of the molecule is O=C(O)[C@@H]1CC(O)CN1C(=O)C1CSc2ccccc21. The van der Waals surface area contributed by atoms with Crippen molar-refractivity contribution in [1.82, 2.24) is 4.90 Å². The summed E-state index contributed by atoms with van der Waals surface area (Å²) in [5.74, 6) is -0.902. The van der Waals surface area contributed by atoms with Crippen LogP contribution in [0.5, 0.6) is 0 Å². The Morgan fingerprint density at radius 3 is 2.80 bits per heavy atom. The predicted molar refractivity (Wildman–Crippen MR) is 73.7 cm³/mol. The number of hydrogen-bond acceptors (Lipinski definition) is 4. The number of β-amino-alcohol motifs (C(OH)–C–C–N with tert-alkyl or cyclic N) is 1. The number of carboxylic acid groups (broad SMARTS) is 1. The predicted octanol–water partition coefficient (Wildman–Crippen LogP) is 0.922. The van der Waals surface area contributed by atoms with Gasteiger partial charge in [-0.05, 0) is 11.6 Å². The fourth-order valence-electron chi connectivity index (χ4n) is 2.86. The fourth-order valence-corrected chi connectivity index (χ4v) is 4.08. The smallest absolute Gasteiger partial charge is 0.326 e. The molecule has 6 heteroatoms. The van der Waals surface area contributed by atoms with E-state index in [1.165, 1.54) is 4.90 Å². The summed E-state index contributed by atoms with van der Waals surface area (Å²) in [7, 11) is 0. The van der Waals surface area contributed by atoms with Crippen LogP contribution in [0.2, 0.25) is 0 Å². The molecule has 2 aliphatic rings. The van der Waals surface area contributed by atoms with Crippen molar-refractivity contribution in [3.8, 4) is 0 Å². The lowest BCUT2D eigenvalue weighted by Crippen LogP contribution is -2.43. The van der Waals surface area contributed by atoms with E-state index in [0.717, 1.165) is 10.5 Å². The molecule has 2 heterocycles. The lowest BCUT2D eigenvalue weighted by molar-refractivity contribution is -0.148. The number of rotatable bonds is 2. The van der Waals surface area contributed by atoms with Crippen LogP contribution in [0, 0.1) is 0 Å². The Morgan fingerprint density at radius 1 is 1.30 bits per heavy atom. The minimum Gasteiger partial charge on any atom is -0.480 e. The van der Waals surface area contributed by atoms with Gasteiger partial charge < -0.3 is 15.1 Å². The Labute approximate surface area is 120 Å². The number of likely N-dealkylation sites (tertiary alicyclic amines) is 1. The highest BCUT2D eigenvalue weighted by Gasteiger charge is 2.42. The van der Waals surface area contributed by atoms with Crippen LogP contribution in [0.1, 0.15) is 17.9 Å². The summed E-state index contributed by atoms with van der Waals surface area (Å²) in [4.78, 5) is 26.2. The third kappa shape index (κ3) is 2.19. The summed E-state index contributed by atoms with van der Waals surface area (Å²) in [5, 5.41) is 18.8. The van der Waals surface area contributed by atoms with E-state index in [9.17, 15) is 19.8 Å². The molecular weight excluding hydrogens is 278 g/mol. The molecule has 3 rings (SSSR count). The standard InChI is InChI=1S/C14H15NO4S/c16-8-5-11(14(18)19)15(6-8)13(17)10-7-20-12-4-2-1-3-9(10)12/h1-4,8,10-11,16H,5-7H2,(H,18,19)/t8?,10?,11-/m0/s1. The quantitative estimate of drug-likeness (QED) is 0.848. The Kier molecular flexibility index (Phi) is 3.43. The van der Waals surface area contributed by atoms with Crippen LogP contribution in [-0.4, -0.2) is 51.4 Å². The van der Waals surface area contributed by atoms with Crippen LogP contribution in [0.4, 0.5) is 0 Å². The third-order valence-electron chi connectivity index (χ3n) is 3.85. The summed E-state index contributed by atoms with van der Waals surface area (Å²) >= 11 is 1.62. The van der Waals surface area contributed by atoms with E-state index in [1.54, 1.807) is 11.8 Å². The number of carbonyl (C=O) groups is 2. The van der Waals surface area contributed by atoms with Gasteiger partial charge in [0, 0.05) is 23.6 Å². The molecule has 20 heavy (non-hydrogen) atoms. The van der Waals surface area contributed by atoms with Crippen molar-refractivity contribution >= 4 is 23.6 Å². The van der Waals surface area contributed by atoms with Gasteiger partial charge >= 0.3 is 5.97 Å². The summed E-state index contributed by atoms with van der Waals surface area (Å²) in [6.07, 6.45) is -0.632. The zero-order valence-corrected chi connectivity index (χ0v) is 11.5. The topological polar surface area (TPSA) is 77.8 Å². The van der Waals surface area contributed by atoms with Gasteiger partial charge in [-0.1, -0.05) is 18.2 Å². The lowest BCUT2D eigenvalue weighted by atomic mass is 9.99. The van der Waals surface area contributed by atoms with Gasteiger partial charge in [-0.15, -0.1) is 11.8 Å². The molecule has 1 saturated heterocycles. The minimum absolute atomic E-state index is 0.110. The summed E-state index contributed by atoms with van der Waals surface area (Å²) in [6, 6.07) is 6.80. The van der Waals surface area contributed by atoms with Crippen molar-refractivity contribution in [2.24, 2.45) is 0 Å². The highest BCUT2D eigenvalue weighted by atomic mass is 32.2. The first kappa shape index (κ1) is 13.5. The van der Waals surface area contributed by atoms with Crippen LogP contribution >= 0.6 is 11.8 Å². The van der Waals surface area contributed by atoms with Crippen molar-refractivity contribution in [1.29, 1.82) is 0 Å². The molecule has 1 amide bonds. The molecule has 2 N–H and O–H groups in total. The molecule has 106 valence electrons. The number of aliphatic hydroxyl groups excluding tert-OH is 1. The van der Waals surface area contributed by atoms with Gasteiger partial charge in [0.15, 0.2) is 0 Å². The van der Waals surface area contributed by atoms with Gasteiger partial charge in [-0.3, -0.25) is 4.79 Å². The zero-order valence-electron chi connectivity index (χ0n) is 10.7. The molecule has 5 nitrogen and oxygen atoms in total. The Bertz CT molecular complexity index is 562. The first-order valence-corrected chi connectivity index (χ1v) is 7.49. The number of nitrogens with zero attached hydrogens (tertiary/aromatic N) is 1. The van der Waals surface area contributed by atoms with E-state index >= 15 is 0 Å². The molecule has 0 spiro atoms. The van der Waals surface area contributed by atoms with Crippen molar-refractivity contribution in [2.45, 2.75) is 29.4 Å². The van der Waals surface area contributed by atoms with E-state index in [4.69, 9.17) is 0 Å². The maximum Gasteiger partial charge on any atom is 0.326 e. The number of benzene rings is 1. The van der Waals surface area contributed by atoms with Gasteiger partial charge in [0.05, 0.1) is 12.0 Å². The Balaban J connectivity index is 1.85. The minimum atomic E-state index is -1.05. The molecule has 0 aliphatic carbocycles. The summed E-state index contributed by atoms with van der Waals surface area (Å²) < 4.78 is 0. The Morgan fingerprint density at radius 2 is 2.05 bits per heavy atom. The van der Waals surface area contributed by atoms with Gasteiger partial charge in [-0.25, -0.2) is 4.79 Å². The van der Waals surface area contributed by atoms with Crippen LogP contribution in [0.25, 0.3) is 0 Å². The highest BCUT2D eigenvalue weighted by Crippen LogP contribution is 2.41. The lowest BCUT2D eigenvalue weighted by Gasteiger charge is -2.24. The second-order valence-corrected chi connectivity index (χ2v) is 6.20. The third-order valence-corrected chi connectivity index (χ3v) is 5.03. The second-order valence-electron chi connectivity index (χ2n) is 5.14. The van der Waals surface area contributed by atoms with Gasteiger partial charge in [0.25, 0.3) is 0 Å².